The third kappa shape index (κ3) is 4.45. The minimum Gasteiger partial charge on any atom is -0.310 e. The molecule has 2 fully saturated rings. The van der Waals surface area contributed by atoms with E-state index in [0.717, 1.165) is 42.2 Å². The molecule has 1 amide bonds. The van der Waals surface area contributed by atoms with Crippen LogP contribution in [-0.4, -0.2) is 43.2 Å². The highest BCUT2D eigenvalue weighted by Gasteiger charge is 2.31. The molecule has 5 rings (SSSR count). The molecular weight excluding hydrogens is 408 g/mol. The maximum absolute atomic E-state index is 12.6. The van der Waals surface area contributed by atoms with Crippen molar-refractivity contribution in [2.45, 2.75) is 38.3 Å². The fraction of sp³-hybridized carbons (Fsp3) is 0.391. The average Bonchev–Trinajstić information content (AvgIpc) is 3.60. The Hall–Kier alpha value is -2.84. The SMILES string of the molecule is O=C(Nc1ccccn1)C1CCN(Cn2nc(C3CC3)n(-c3ccccc3)c2=S)CC1. The van der Waals surface area contributed by atoms with Gasteiger partial charge in [0.05, 0.1) is 6.67 Å². The Morgan fingerprint density at radius 3 is 2.45 bits per heavy atom. The molecule has 1 saturated heterocycles. The quantitative estimate of drug-likeness (QED) is 0.595. The number of carbonyl (C=O) groups is 1. The molecule has 8 heteroatoms. The highest BCUT2D eigenvalue weighted by Crippen LogP contribution is 2.40. The van der Waals surface area contributed by atoms with E-state index in [0.29, 0.717) is 18.4 Å². The molecule has 0 unspecified atom stereocenters. The molecule has 0 atom stereocenters. The number of nitrogens with zero attached hydrogens (tertiary/aromatic N) is 5. The van der Waals surface area contributed by atoms with Gasteiger partial charge in [-0.15, -0.1) is 0 Å². The van der Waals surface area contributed by atoms with Crippen LogP contribution >= 0.6 is 12.2 Å². The summed E-state index contributed by atoms with van der Waals surface area (Å²) in [5.74, 6) is 2.25. The van der Waals surface area contributed by atoms with Crippen molar-refractivity contribution in [3.8, 4) is 5.69 Å². The first-order valence-corrected chi connectivity index (χ1v) is 11.3. The summed E-state index contributed by atoms with van der Waals surface area (Å²) in [6.45, 7) is 2.35. The number of anilines is 1. The summed E-state index contributed by atoms with van der Waals surface area (Å²) in [4.78, 5) is 19.1. The number of pyridine rings is 1. The first-order chi connectivity index (χ1) is 15.2. The lowest BCUT2D eigenvalue weighted by molar-refractivity contribution is -0.121. The van der Waals surface area contributed by atoms with Crippen LogP contribution in [0.1, 0.15) is 37.4 Å². The van der Waals surface area contributed by atoms with Crippen LogP contribution in [0, 0.1) is 10.7 Å². The second-order valence-electron chi connectivity index (χ2n) is 8.32. The molecule has 1 aliphatic heterocycles. The third-order valence-electron chi connectivity index (χ3n) is 6.03. The highest BCUT2D eigenvalue weighted by atomic mass is 32.1. The zero-order valence-electron chi connectivity index (χ0n) is 17.4. The number of piperidine rings is 1. The molecule has 2 aliphatic rings. The van der Waals surface area contributed by atoms with E-state index < -0.39 is 0 Å². The number of hydrogen-bond donors (Lipinski definition) is 1. The number of carbonyl (C=O) groups excluding carboxylic acids is 1. The molecule has 2 aromatic heterocycles. The Bertz CT molecular complexity index is 1100. The predicted octanol–water partition coefficient (Wildman–Crippen LogP) is 3.98. The number of likely N-dealkylation sites (tertiary alicyclic amines) is 1. The Morgan fingerprint density at radius 1 is 1.03 bits per heavy atom. The highest BCUT2D eigenvalue weighted by molar-refractivity contribution is 7.71. The van der Waals surface area contributed by atoms with Gasteiger partial charge in [0.15, 0.2) is 0 Å². The van der Waals surface area contributed by atoms with Gasteiger partial charge in [-0.3, -0.25) is 14.3 Å². The number of nitrogens with one attached hydrogen (secondary N) is 1. The van der Waals surface area contributed by atoms with Crippen molar-refractivity contribution in [3.05, 3.63) is 65.3 Å². The Morgan fingerprint density at radius 2 is 1.77 bits per heavy atom. The minimum absolute atomic E-state index is 0.00938. The number of aromatic nitrogens is 4. The van der Waals surface area contributed by atoms with Crippen LogP contribution in [0.3, 0.4) is 0 Å². The third-order valence-corrected chi connectivity index (χ3v) is 6.42. The first-order valence-electron chi connectivity index (χ1n) is 10.9. The number of para-hydroxylation sites is 1. The van der Waals surface area contributed by atoms with Gasteiger partial charge in [-0.2, -0.15) is 5.10 Å². The molecule has 1 aromatic carbocycles. The topological polar surface area (TPSA) is 68.0 Å². The Kier molecular flexibility index (Phi) is 5.65. The second kappa shape index (κ2) is 8.72. The van der Waals surface area contributed by atoms with Crippen molar-refractivity contribution >= 4 is 23.9 Å². The zero-order chi connectivity index (χ0) is 21.2. The molecule has 1 saturated carbocycles. The molecular formula is C23H26N6OS. The summed E-state index contributed by atoms with van der Waals surface area (Å²) >= 11 is 5.81. The van der Waals surface area contributed by atoms with Crippen LogP contribution in [0.15, 0.2) is 54.7 Å². The Labute approximate surface area is 186 Å². The first kappa shape index (κ1) is 20.1. The number of rotatable bonds is 6. The normalized spacial score (nSPS) is 17.5. The zero-order valence-corrected chi connectivity index (χ0v) is 18.2. The van der Waals surface area contributed by atoms with Crippen LogP contribution in [0.5, 0.6) is 0 Å². The van der Waals surface area contributed by atoms with E-state index in [1.165, 1.54) is 12.8 Å². The van der Waals surface area contributed by atoms with E-state index in [1.54, 1.807) is 6.20 Å². The summed E-state index contributed by atoms with van der Waals surface area (Å²) in [5.41, 5.74) is 1.07. The summed E-state index contributed by atoms with van der Waals surface area (Å²) in [6, 6.07) is 15.8. The van der Waals surface area contributed by atoms with Crippen molar-refractivity contribution in [3.63, 3.8) is 0 Å². The van der Waals surface area contributed by atoms with E-state index in [9.17, 15) is 4.79 Å². The van der Waals surface area contributed by atoms with Gasteiger partial charge in [-0.1, -0.05) is 24.3 Å². The number of amides is 1. The van der Waals surface area contributed by atoms with Crippen LogP contribution < -0.4 is 5.32 Å². The second-order valence-corrected chi connectivity index (χ2v) is 8.69. The van der Waals surface area contributed by atoms with E-state index in [2.05, 4.69) is 31.9 Å². The van der Waals surface area contributed by atoms with Crippen molar-refractivity contribution in [2.24, 2.45) is 5.92 Å². The fourth-order valence-corrected chi connectivity index (χ4v) is 4.43. The smallest absolute Gasteiger partial charge is 0.228 e. The van der Waals surface area contributed by atoms with Crippen LogP contribution in [0.2, 0.25) is 0 Å². The average molecular weight is 435 g/mol. The summed E-state index contributed by atoms with van der Waals surface area (Å²) in [5, 5.41) is 7.83. The molecule has 3 heterocycles. The van der Waals surface area contributed by atoms with Gasteiger partial charge in [-0.05, 0) is 62.2 Å². The van der Waals surface area contributed by atoms with Crippen LogP contribution in [0.4, 0.5) is 5.82 Å². The molecule has 31 heavy (non-hydrogen) atoms. The number of benzene rings is 1. The van der Waals surface area contributed by atoms with Gasteiger partial charge >= 0.3 is 0 Å². The largest absolute Gasteiger partial charge is 0.310 e. The van der Waals surface area contributed by atoms with E-state index in [-0.39, 0.29) is 11.8 Å². The predicted molar refractivity (Wildman–Crippen MR) is 122 cm³/mol. The van der Waals surface area contributed by atoms with Gasteiger partial charge in [0.1, 0.15) is 11.6 Å². The molecule has 3 aromatic rings. The van der Waals surface area contributed by atoms with E-state index >= 15 is 0 Å². The summed E-state index contributed by atoms with van der Waals surface area (Å²) in [6.07, 6.45) is 5.68. The van der Waals surface area contributed by atoms with Crippen molar-refractivity contribution < 1.29 is 4.79 Å². The van der Waals surface area contributed by atoms with Gasteiger partial charge in [0.2, 0.25) is 10.7 Å². The van der Waals surface area contributed by atoms with Crippen LogP contribution in [0.25, 0.3) is 5.69 Å². The van der Waals surface area contributed by atoms with E-state index in [1.807, 2.05) is 41.1 Å². The monoisotopic (exact) mass is 434 g/mol. The lowest BCUT2D eigenvalue weighted by atomic mass is 9.96. The summed E-state index contributed by atoms with van der Waals surface area (Å²) in [7, 11) is 0. The number of hydrogen-bond acceptors (Lipinski definition) is 5. The molecule has 0 spiro atoms. The van der Waals surface area contributed by atoms with Gasteiger partial charge < -0.3 is 5.32 Å². The van der Waals surface area contributed by atoms with Gasteiger partial charge in [0.25, 0.3) is 0 Å². The Balaban J connectivity index is 1.25. The minimum atomic E-state index is 0.00938. The molecule has 0 radical (unpaired) electrons. The van der Waals surface area contributed by atoms with Gasteiger partial charge in [0, 0.05) is 36.8 Å². The molecule has 1 aliphatic carbocycles. The van der Waals surface area contributed by atoms with Gasteiger partial charge in [-0.25, -0.2) is 9.67 Å². The van der Waals surface area contributed by atoms with Crippen molar-refractivity contribution in [2.75, 3.05) is 18.4 Å². The standard InChI is InChI=1S/C23H26N6OS/c30-22(25-20-8-4-5-13-24-20)18-11-14-27(15-12-18)16-28-23(31)29(19-6-2-1-3-7-19)21(26-28)17-9-10-17/h1-8,13,17-18H,9-12,14-16H2,(H,24,25,30). The molecule has 7 nitrogen and oxygen atoms in total. The molecule has 0 bridgehead atoms. The maximum Gasteiger partial charge on any atom is 0.228 e. The lowest BCUT2D eigenvalue weighted by Gasteiger charge is -2.30. The summed E-state index contributed by atoms with van der Waals surface area (Å²) < 4.78 is 4.81. The van der Waals surface area contributed by atoms with Crippen molar-refractivity contribution in [1.82, 2.24) is 24.2 Å². The lowest BCUT2D eigenvalue weighted by Crippen LogP contribution is -2.39. The fourth-order valence-electron chi connectivity index (χ4n) is 4.13. The maximum atomic E-state index is 12.6. The molecule has 160 valence electrons. The van der Waals surface area contributed by atoms with Crippen LogP contribution in [-0.2, 0) is 11.5 Å². The van der Waals surface area contributed by atoms with Crippen molar-refractivity contribution in [1.29, 1.82) is 0 Å². The van der Waals surface area contributed by atoms with E-state index in [4.69, 9.17) is 17.3 Å². The molecule has 1 N–H and O–H groups in total.